The van der Waals surface area contributed by atoms with Crippen LogP contribution < -0.4 is 0 Å². The summed E-state index contributed by atoms with van der Waals surface area (Å²) < 4.78 is 30.9. The second-order valence-electron chi connectivity index (χ2n) is 5.43. The van der Waals surface area contributed by atoms with Crippen LogP contribution in [0.4, 0.5) is 0 Å². The van der Waals surface area contributed by atoms with Gasteiger partial charge in [-0.15, -0.1) is 0 Å². The standard InChI is InChI=1S/C10H20O4S/c1-9(2)8(6-11)4-5-10(9,3)7-15(12,13)14/h8,11H,4-7H2,1-3H3,(H,12,13,14). The second kappa shape index (κ2) is 3.71. The fraction of sp³-hybridized carbons (Fsp3) is 1.00. The molecule has 5 heteroatoms. The fourth-order valence-electron chi connectivity index (χ4n) is 2.65. The quantitative estimate of drug-likeness (QED) is 0.724. The molecule has 1 saturated carbocycles. The van der Waals surface area contributed by atoms with Crippen LogP contribution in [-0.2, 0) is 10.1 Å². The Kier molecular flexibility index (Phi) is 3.20. The Morgan fingerprint density at radius 3 is 2.20 bits per heavy atom. The smallest absolute Gasteiger partial charge is 0.265 e. The van der Waals surface area contributed by atoms with E-state index in [1.165, 1.54) is 0 Å². The highest BCUT2D eigenvalue weighted by atomic mass is 32.2. The van der Waals surface area contributed by atoms with Crippen LogP contribution in [-0.4, -0.2) is 30.4 Å². The van der Waals surface area contributed by atoms with Crippen LogP contribution >= 0.6 is 0 Å². The van der Waals surface area contributed by atoms with E-state index in [2.05, 4.69) is 0 Å². The molecule has 4 nitrogen and oxygen atoms in total. The zero-order chi connectivity index (χ0) is 11.9. The maximum absolute atomic E-state index is 11.0. The first-order valence-corrected chi connectivity index (χ1v) is 6.79. The van der Waals surface area contributed by atoms with Gasteiger partial charge in [0.2, 0.25) is 0 Å². The number of aliphatic hydroxyl groups is 1. The number of hydrogen-bond donors (Lipinski definition) is 2. The van der Waals surface area contributed by atoms with E-state index in [9.17, 15) is 13.5 Å². The molecule has 0 aromatic carbocycles. The summed E-state index contributed by atoms with van der Waals surface area (Å²) in [5.41, 5.74) is -0.717. The summed E-state index contributed by atoms with van der Waals surface area (Å²) in [4.78, 5) is 0. The lowest BCUT2D eigenvalue weighted by molar-refractivity contribution is 0.0696. The van der Waals surface area contributed by atoms with E-state index >= 15 is 0 Å². The van der Waals surface area contributed by atoms with Gasteiger partial charge in [0.15, 0.2) is 0 Å². The molecular weight excluding hydrogens is 216 g/mol. The van der Waals surface area contributed by atoms with E-state index in [4.69, 9.17) is 4.55 Å². The lowest BCUT2D eigenvalue weighted by atomic mass is 9.67. The van der Waals surface area contributed by atoms with Crippen molar-refractivity contribution in [2.24, 2.45) is 16.7 Å². The van der Waals surface area contributed by atoms with Gasteiger partial charge in [-0.1, -0.05) is 20.8 Å². The third-order valence-corrected chi connectivity index (χ3v) is 5.34. The van der Waals surface area contributed by atoms with Crippen molar-refractivity contribution in [3.05, 3.63) is 0 Å². The van der Waals surface area contributed by atoms with E-state index in [1.807, 2.05) is 20.8 Å². The Hall–Kier alpha value is -0.130. The van der Waals surface area contributed by atoms with Crippen molar-refractivity contribution in [3.8, 4) is 0 Å². The maximum Gasteiger partial charge on any atom is 0.265 e. The summed E-state index contributed by atoms with van der Waals surface area (Å²) in [7, 11) is -3.95. The highest BCUT2D eigenvalue weighted by Gasteiger charge is 2.52. The predicted molar refractivity (Wildman–Crippen MR) is 58.1 cm³/mol. The molecule has 1 fully saturated rings. The van der Waals surface area contributed by atoms with Gasteiger partial charge in [0, 0.05) is 6.61 Å². The maximum atomic E-state index is 11.0. The van der Waals surface area contributed by atoms with Crippen LogP contribution in [0.25, 0.3) is 0 Å². The van der Waals surface area contributed by atoms with Crippen LogP contribution in [0.15, 0.2) is 0 Å². The van der Waals surface area contributed by atoms with E-state index < -0.39 is 15.5 Å². The van der Waals surface area contributed by atoms with Gasteiger partial charge in [0.05, 0.1) is 5.75 Å². The monoisotopic (exact) mass is 236 g/mol. The summed E-state index contributed by atoms with van der Waals surface area (Å²) in [6, 6.07) is 0. The molecule has 90 valence electrons. The molecule has 2 atom stereocenters. The third-order valence-electron chi connectivity index (χ3n) is 4.34. The minimum absolute atomic E-state index is 0.0774. The molecule has 1 aliphatic rings. The summed E-state index contributed by atoms with van der Waals surface area (Å²) in [6.45, 7) is 5.88. The molecule has 2 unspecified atom stereocenters. The van der Waals surface area contributed by atoms with Gasteiger partial charge in [-0.25, -0.2) is 0 Å². The van der Waals surface area contributed by atoms with E-state index in [1.54, 1.807) is 0 Å². The van der Waals surface area contributed by atoms with Gasteiger partial charge < -0.3 is 5.11 Å². The molecule has 0 aromatic heterocycles. The summed E-state index contributed by atoms with van der Waals surface area (Å²) in [6.07, 6.45) is 1.54. The third kappa shape index (κ3) is 2.34. The molecule has 0 bridgehead atoms. The van der Waals surface area contributed by atoms with Crippen LogP contribution in [0.1, 0.15) is 33.6 Å². The normalized spacial score (nSPS) is 35.7. The zero-order valence-electron chi connectivity index (χ0n) is 9.52. The molecule has 0 saturated heterocycles. The van der Waals surface area contributed by atoms with Gasteiger partial charge in [-0.3, -0.25) is 4.55 Å². The van der Waals surface area contributed by atoms with Crippen LogP contribution in [0, 0.1) is 16.7 Å². The van der Waals surface area contributed by atoms with E-state index in [0.717, 1.165) is 12.8 Å². The Morgan fingerprint density at radius 1 is 1.33 bits per heavy atom. The number of aliphatic hydroxyl groups excluding tert-OH is 1. The Balaban J connectivity index is 2.96. The van der Waals surface area contributed by atoms with Crippen molar-refractivity contribution in [1.82, 2.24) is 0 Å². The van der Waals surface area contributed by atoms with Gasteiger partial charge in [0.25, 0.3) is 10.1 Å². The molecule has 1 aliphatic carbocycles. The number of rotatable bonds is 3. The zero-order valence-corrected chi connectivity index (χ0v) is 10.3. The van der Waals surface area contributed by atoms with Crippen LogP contribution in [0.5, 0.6) is 0 Å². The average molecular weight is 236 g/mol. The first-order chi connectivity index (χ1) is 6.62. The molecule has 0 aromatic rings. The highest BCUT2D eigenvalue weighted by molar-refractivity contribution is 7.85. The largest absolute Gasteiger partial charge is 0.396 e. The summed E-state index contributed by atoms with van der Waals surface area (Å²) >= 11 is 0. The summed E-state index contributed by atoms with van der Waals surface area (Å²) in [5, 5.41) is 9.22. The van der Waals surface area contributed by atoms with Gasteiger partial charge >= 0.3 is 0 Å². The minimum atomic E-state index is -3.95. The van der Waals surface area contributed by atoms with Crippen molar-refractivity contribution in [1.29, 1.82) is 0 Å². The Labute approximate surface area is 91.4 Å². The molecular formula is C10H20O4S. The SMILES string of the molecule is CC1(CS(=O)(=O)O)CCC(CO)C1(C)C. The van der Waals surface area contributed by atoms with Crippen LogP contribution in [0.3, 0.4) is 0 Å². The first-order valence-electron chi connectivity index (χ1n) is 5.18. The van der Waals surface area contributed by atoms with Crippen molar-refractivity contribution in [2.75, 3.05) is 12.4 Å². The van der Waals surface area contributed by atoms with Crippen molar-refractivity contribution >= 4 is 10.1 Å². The molecule has 0 radical (unpaired) electrons. The van der Waals surface area contributed by atoms with Gasteiger partial charge in [-0.05, 0) is 29.6 Å². The van der Waals surface area contributed by atoms with Gasteiger partial charge in [-0.2, -0.15) is 8.42 Å². The Bertz CT molecular complexity index is 333. The van der Waals surface area contributed by atoms with E-state index in [-0.39, 0.29) is 23.7 Å². The second-order valence-corrected chi connectivity index (χ2v) is 6.88. The molecule has 0 aliphatic heterocycles. The molecule has 2 N–H and O–H groups in total. The predicted octanol–water partition coefficient (Wildman–Crippen LogP) is 1.31. The topological polar surface area (TPSA) is 74.6 Å². The molecule has 0 spiro atoms. The first kappa shape index (κ1) is 12.9. The average Bonchev–Trinajstić information content (AvgIpc) is 2.20. The van der Waals surface area contributed by atoms with Crippen LogP contribution in [0.2, 0.25) is 0 Å². The molecule has 0 amide bonds. The van der Waals surface area contributed by atoms with E-state index in [0.29, 0.717) is 0 Å². The lowest BCUT2D eigenvalue weighted by Gasteiger charge is -2.40. The Morgan fingerprint density at radius 2 is 1.87 bits per heavy atom. The summed E-state index contributed by atoms with van der Waals surface area (Å²) in [5.74, 6) is -0.104. The number of hydrogen-bond acceptors (Lipinski definition) is 3. The van der Waals surface area contributed by atoms with Crippen molar-refractivity contribution in [3.63, 3.8) is 0 Å². The van der Waals surface area contributed by atoms with Crippen molar-refractivity contribution in [2.45, 2.75) is 33.6 Å². The molecule has 1 rings (SSSR count). The fourth-order valence-corrected chi connectivity index (χ4v) is 3.97. The van der Waals surface area contributed by atoms with Gasteiger partial charge in [0.1, 0.15) is 0 Å². The molecule has 15 heavy (non-hydrogen) atoms. The highest BCUT2D eigenvalue weighted by Crippen LogP contribution is 2.56. The molecule has 0 heterocycles. The lowest BCUT2D eigenvalue weighted by Crippen LogP contribution is -2.40. The van der Waals surface area contributed by atoms with Crippen molar-refractivity contribution < 1.29 is 18.1 Å². The minimum Gasteiger partial charge on any atom is -0.396 e.